The number of ether oxygens (including phenoxy) is 2. The molecule has 4 nitrogen and oxygen atoms in total. The number of carbonyl (C=O) groups is 1. The zero-order valence-corrected chi connectivity index (χ0v) is 12.3. The van der Waals surface area contributed by atoms with Crippen molar-refractivity contribution in [2.45, 2.75) is 6.92 Å². The fourth-order valence-corrected chi connectivity index (χ4v) is 1.90. The highest BCUT2D eigenvalue weighted by atomic mass is 35.5. The van der Waals surface area contributed by atoms with Crippen molar-refractivity contribution in [3.05, 3.63) is 58.6 Å². The van der Waals surface area contributed by atoms with E-state index >= 15 is 0 Å². The second-order valence-corrected chi connectivity index (χ2v) is 4.87. The van der Waals surface area contributed by atoms with Gasteiger partial charge in [-0.15, -0.1) is 0 Å². The fraction of sp³-hybridized carbons (Fsp3) is 0.188. The minimum atomic E-state index is -0.963. The predicted octanol–water partition coefficient (Wildman–Crippen LogP) is 3.80. The maximum atomic E-state index is 11.0. The second kappa shape index (κ2) is 6.99. The summed E-state index contributed by atoms with van der Waals surface area (Å²) >= 11 is 5.78. The lowest BCUT2D eigenvalue weighted by Crippen LogP contribution is -2.09. The molecule has 5 heteroatoms. The summed E-state index contributed by atoms with van der Waals surface area (Å²) in [5.74, 6) is 0.256. The third-order valence-electron chi connectivity index (χ3n) is 2.87. The molecule has 0 saturated carbocycles. The zero-order valence-electron chi connectivity index (χ0n) is 11.5. The SMILES string of the molecule is Cc1ccc(OCCOc2ccc(Cl)cc2)cc1C(=O)O. The van der Waals surface area contributed by atoms with Gasteiger partial charge < -0.3 is 14.6 Å². The Hall–Kier alpha value is -2.20. The molecular weight excluding hydrogens is 292 g/mol. The van der Waals surface area contributed by atoms with Crippen LogP contribution in [0.15, 0.2) is 42.5 Å². The smallest absolute Gasteiger partial charge is 0.336 e. The first kappa shape index (κ1) is 15.2. The maximum Gasteiger partial charge on any atom is 0.336 e. The molecule has 21 heavy (non-hydrogen) atoms. The first-order valence-electron chi connectivity index (χ1n) is 6.41. The molecule has 0 aliphatic rings. The molecule has 0 aromatic heterocycles. The first-order chi connectivity index (χ1) is 10.1. The molecule has 0 amide bonds. The van der Waals surface area contributed by atoms with Gasteiger partial charge >= 0.3 is 5.97 Å². The number of rotatable bonds is 6. The van der Waals surface area contributed by atoms with E-state index in [-0.39, 0.29) is 5.56 Å². The van der Waals surface area contributed by atoms with Crippen molar-refractivity contribution in [1.29, 1.82) is 0 Å². The van der Waals surface area contributed by atoms with Crippen LogP contribution >= 0.6 is 11.6 Å². The Morgan fingerprint density at radius 2 is 1.62 bits per heavy atom. The van der Waals surface area contributed by atoms with E-state index in [2.05, 4.69) is 0 Å². The van der Waals surface area contributed by atoms with E-state index in [1.807, 2.05) is 0 Å². The third kappa shape index (κ3) is 4.39. The summed E-state index contributed by atoms with van der Waals surface area (Å²) in [7, 11) is 0. The van der Waals surface area contributed by atoms with Crippen LogP contribution in [0.1, 0.15) is 15.9 Å². The van der Waals surface area contributed by atoms with Crippen molar-refractivity contribution in [1.82, 2.24) is 0 Å². The molecule has 2 aromatic carbocycles. The molecule has 2 aromatic rings. The molecule has 0 heterocycles. The largest absolute Gasteiger partial charge is 0.490 e. The van der Waals surface area contributed by atoms with Crippen LogP contribution < -0.4 is 9.47 Å². The normalized spacial score (nSPS) is 10.2. The highest BCUT2D eigenvalue weighted by Gasteiger charge is 2.08. The molecule has 0 saturated heterocycles. The first-order valence-corrected chi connectivity index (χ1v) is 6.79. The van der Waals surface area contributed by atoms with Gasteiger partial charge in [0, 0.05) is 5.02 Å². The van der Waals surface area contributed by atoms with E-state index in [9.17, 15) is 4.79 Å². The molecule has 2 rings (SSSR count). The highest BCUT2D eigenvalue weighted by molar-refractivity contribution is 6.30. The molecule has 0 atom stereocenters. The second-order valence-electron chi connectivity index (χ2n) is 4.43. The summed E-state index contributed by atoms with van der Waals surface area (Å²) in [5, 5.41) is 9.69. The Morgan fingerprint density at radius 1 is 1.05 bits per heavy atom. The summed E-state index contributed by atoms with van der Waals surface area (Å²) in [6.45, 7) is 2.43. The highest BCUT2D eigenvalue weighted by Crippen LogP contribution is 2.18. The Balaban J connectivity index is 1.85. The predicted molar refractivity (Wildman–Crippen MR) is 80.6 cm³/mol. The molecule has 0 bridgehead atoms. The van der Waals surface area contributed by atoms with Crippen molar-refractivity contribution in [2.75, 3.05) is 13.2 Å². The van der Waals surface area contributed by atoms with Crippen molar-refractivity contribution >= 4 is 17.6 Å². The number of hydrogen-bond acceptors (Lipinski definition) is 3. The van der Waals surface area contributed by atoms with E-state index in [1.54, 1.807) is 43.3 Å². The standard InChI is InChI=1S/C16H15ClO4/c1-11-2-5-14(10-15(11)16(18)19)21-9-8-20-13-6-3-12(17)4-7-13/h2-7,10H,8-9H2,1H3,(H,18,19). The van der Waals surface area contributed by atoms with Gasteiger partial charge in [-0.3, -0.25) is 0 Å². The third-order valence-corrected chi connectivity index (χ3v) is 3.13. The lowest BCUT2D eigenvalue weighted by atomic mass is 10.1. The molecule has 1 N–H and O–H groups in total. The minimum absolute atomic E-state index is 0.242. The Bertz CT molecular complexity index is 623. The summed E-state index contributed by atoms with van der Waals surface area (Å²) in [6, 6.07) is 12.0. The number of halogens is 1. The van der Waals surface area contributed by atoms with E-state index in [4.69, 9.17) is 26.2 Å². The number of benzene rings is 2. The van der Waals surface area contributed by atoms with Crippen LogP contribution in [0.25, 0.3) is 0 Å². The van der Waals surface area contributed by atoms with Crippen molar-refractivity contribution in [2.24, 2.45) is 0 Å². The van der Waals surface area contributed by atoms with Gasteiger partial charge in [0.25, 0.3) is 0 Å². The molecule has 0 aliphatic heterocycles. The maximum absolute atomic E-state index is 11.0. The van der Waals surface area contributed by atoms with Crippen LogP contribution in [-0.4, -0.2) is 24.3 Å². The van der Waals surface area contributed by atoms with Gasteiger partial charge in [-0.1, -0.05) is 17.7 Å². The summed E-state index contributed by atoms with van der Waals surface area (Å²) in [6.07, 6.45) is 0. The number of carboxylic acids is 1. The van der Waals surface area contributed by atoms with Crippen molar-refractivity contribution in [3.8, 4) is 11.5 Å². The van der Waals surface area contributed by atoms with Gasteiger partial charge in [0.15, 0.2) is 0 Å². The zero-order chi connectivity index (χ0) is 15.2. The summed E-state index contributed by atoms with van der Waals surface area (Å²) in [5.41, 5.74) is 0.943. The average molecular weight is 307 g/mol. The number of hydrogen-bond donors (Lipinski definition) is 1. The molecule has 0 radical (unpaired) electrons. The molecule has 110 valence electrons. The topological polar surface area (TPSA) is 55.8 Å². The molecular formula is C16H15ClO4. The Morgan fingerprint density at radius 3 is 2.24 bits per heavy atom. The van der Waals surface area contributed by atoms with Crippen LogP contribution in [0.3, 0.4) is 0 Å². The summed E-state index contributed by atoms with van der Waals surface area (Å²) in [4.78, 5) is 11.0. The fourth-order valence-electron chi connectivity index (χ4n) is 1.77. The van der Waals surface area contributed by atoms with Crippen LogP contribution in [0.5, 0.6) is 11.5 Å². The van der Waals surface area contributed by atoms with Crippen molar-refractivity contribution < 1.29 is 19.4 Å². The van der Waals surface area contributed by atoms with Gasteiger partial charge in [0.1, 0.15) is 24.7 Å². The average Bonchev–Trinajstić information content (AvgIpc) is 2.46. The van der Waals surface area contributed by atoms with Crippen LogP contribution in [0.4, 0.5) is 0 Å². The molecule has 0 aliphatic carbocycles. The van der Waals surface area contributed by atoms with E-state index in [0.29, 0.717) is 35.3 Å². The van der Waals surface area contributed by atoms with E-state index < -0.39 is 5.97 Å². The van der Waals surface area contributed by atoms with E-state index in [0.717, 1.165) is 0 Å². The van der Waals surface area contributed by atoms with Gasteiger partial charge in [-0.05, 0) is 48.9 Å². The van der Waals surface area contributed by atoms with Crippen LogP contribution in [-0.2, 0) is 0 Å². The quantitative estimate of drug-likeness (QED) is 0.825. The lowest BCUT2D eigenvalue weighted by Gasteiger charge is -2.10. The minimum Gasteiger partial charge on any atom is -0.490 e. The van der Waals surface area contributed by atoms with Crippen molar-refractivity contribution in [3.63, 3.8) is 0 Å². The number of aryl methyl sites for hydroxylation is 1. The molecule has 0 spiro atoms. The Kier molecular flexibility index (Phi) is 5.06. The Labute approximate surface area is 127 Å². The summed E-state index contributed by atoms with van der Waals surface area (Å²) < 4.78 is 11.0. The van der Waals surface area contributed by atoms with Gasteiger partial charge in [-0.25, -0.2) is 4.79 Å². The molecule has 0 unspecified atom stereocenters. The van der Waals surface area contributed by atoms with Gasteiger partial charge in [0.05, 0.1) is 5.56 Å². The van der Waals surface area contributed by atoms with Crippen LogP contribution in [0.2, 0.25) is 5.02 Å². The monoisotopic (exact) mass is 306 g/mol. The van der Waals surface area contributed by atoms with Gasteiger partial charge in [-0.2, -0.15) is 0 Å². The lowest BCUT2D eigenvalue weighted by molar-refractivity contribution is 0.0695. The van der Waals surface area contributed by atoms with Crippen LogP contribution in [0, 0.1) is 6.92 Å². The number of carboxylic acid groups (broad SMARTS) is 1. The van der Waals surface area contributed by atoms with Gasteiger partial charge in [0.2, 0.25) is 0 Å². The molecule has 0 fully saturated rings. The number of aromatic carboxylic acids is 1. The van der Waals surface area contributed by atoms with E-state index in [1.165, 1.54) is 6.07 Å².